The number of piperazine rings is 1. The van der Waals surface area contributed by atoms with Gasteiger partial charge in [-0.3, -0.25) is 4.79 Å². The zero-order valence-electron chi connectivity index (χ0n) is 19.0. The lowest BCUT2D eigenvalue weighted by atomic mass is 10.2. The van der Waals surface area contributed by atoms with Gasteiger partial charge in [-0.05, 0) is 50.2 Å². The minimum atomic E-state index is -0.0572. The van der Waals surface area contributed by atoms with E-state index in [1.165, 1.54) is 11.8 Å². The van der Waals surface area contributed by atoms with Crippen LogP contribution < -0.4 is 19.9 Å². The summed E-state index contributed by atoms with van der Waals surface area (Å²) in [7, 11) is 0. The highest BCUT2D eigenvalue weighted by Gasteiger charge is 2.21. The Hall–Kier alpha value is -3.26. The second-order valence-electron chi connectivity index (χ2n) is 7.81. The fourth-order valence-corrected chi connectivity index (χ4v) is 4.32. The lowest BCUT2D eigenvalue weighted by Gasteiger charge is -2.37. The molecule has 172 valence electrons. The van der Waals surface area contributed by atoms with Gasteiger partial charge in [-0.25, -0.2) is 0 Å². The minimum Gasteiger partial charge on any atom is -0.492 e. The third-order valence-electron chi connectivity index (χ3n) is 5.42. The van der Waals surface area contributed by atoms with E-state index in [2.05, 4.69) is 31.4 Å². The molecule has 2 aromatic carbocycles. The van der Waals surface area contributed by atoms with Crippen molar-refractivity contribution in [3.05, 3.63) is 66.2 Å². The number of nitrogens with zero attached hydrogens (tertiary/aromatic N) is 4. The Morgan fingerprint density at radius 2 is 1.70 bits per heavy atom. The first-order valence-corrected chi connectivity index (χ1v) is 12.2. The Balaban J connectivity index is 1.27. The highest BCUT2D eigenvalue weighted by atomic mass is 32.2. The summed E-state index contributed by atoms with van der Waals surface area (Å²) in [6.07, 6.45) is 0. The van der Waals surface area contributed by atoms with Gasteiger partial charge in [-0.15, -0.1) is 10.2 Å². The molecule has 0 atom stereocenters. The Kier molecular flexibility index (Phi) is 7.67. The monoisotopic (exact) mass is 463 g/mol. The van der Waals surface area contributed by atoms with Crippen LogP contribution in [0.2, 0.25) is 0 Å². The Morgan fingerprint density at radius 3 is 2.39 bits per heavy atom. The number of hydrogen-bond donors (Lipinski definition) is 1. The van der Waals surface area contributed by atoms with Crippen LogP contribution in [-0.4, -0.2) is 54.6 Å². The number of benzene rings is 2. The Labute approximate surface area is 199 Å². The zero-order chi connectivity index (χ0) is 23.0. The van der Waals surface area contributed by atoms with Crippen molar-refractivity contribution in [1.29, 1.82) is 0 Å². The average Bonchev–Trinajstić information content (AvgIpc) is 2.85. The lowest BCUT2D eigenvalue weighted by molar-refractivity contribution is -0.113. The summed E-state index contributed by atoms with van der Waals surface area (Å²) in [5.74, 6) is 2.03. The molecule has 0 radical (unpaired) electrons. The smallest absolute Gasteiger partial charge is 0.234 e. The van der Waals surface area contributed by atoms with Crippen molar-refractivity contribution in [3.63, 3.8) is 0 Å². The number of hydrogen-bond acceptors (Lipinski definition) is 7. The van der Waals surface area contributed by atoms with E-state index in [0.717, 1.165) is 59.7 Å². The molecule has 1 aromatic heterocycles. The molecule has 4 rings (SSSR count). The van der Waals surface area contributed by atoms with Crippen molar-refractivity contribution < 1.29 is 9.53 Å². The molecule has 33 heavy (non-hydrogen) atoms. The van der Waals surface area contributed by atoms with Crippen molar-refractivity contribution in [2.75, 3.05) is 53.7 Å². The third kappa shape index (κ3) is 6.16. The van der Waals surface area contributed by atoms with Crippen LogP contribution in [0, 0.1) is 6.92 Å². The van der Waals surface area contributed by atoms with E-state index in [4.69, 9.17) is 4.74 Å². The molecular formula is C25H29N5O2S. The highest BCUT2D eigenvalue weighted by molar-refractivity contribution is 7.99. The molecule has 3 aromatic rings. The van der Waals surface area contributed by atoms with Crippen LogP contribution in [0.4, 0.5) is 17.2 Å². The zero-order valence-corrected chi connectivity index (χ0v) is 19.8. The number of anilines is 3. The normalized spacial score (nSPS) is 13.6. The van der Waals surface area contributed by atoms with Crippen molar-refractivity contribution in [1.82, 2.24) is 10.2 Å². The number of carbonyl (C=O) groups is 1. The van der Waals surface area contributed by atoms with Crippen LogP contribution >= 0.6 is 11.8 Å². The average molecular weight is 464 g/mol. The van der Waals surface area contributed by atoms with Gasteiger partial charge < -0.3 is 19.9 Å². The quantitative estimate of drug-likeness (QED) is 0.501. The van der Waals surface area contributed by atoms with E-state index < -0.39 is 0 Å². The summed E-state index contributed by atoms with van der Waals surface area (Å²) in [5, 5.41) is 12.4. The summed E-state index contributed by atoms with van der Waals surface area (Å²) in [5.41, 5.74) is 3.10. The molecule has 1 amide bonds. The number of nitrogens with one attached hydrogen (secondary N) is 1. The first-order chi connectivity index (χ1) is 16.1. The molecule has 0 bridgehead atoms. The molecule has 1 aliphatic heterocycles. The molecule has 1 fully saturated rings. The Morgan fingerprint density at radius 1 is 0.970 bits per heavy atom. The van der Waals surface area contributed by atoms with Crippen LogP contribution in [0.25, 0.3) is 0 Å². The summed E-state index contributed by atoms with van der Waals surface area (Å²) in [6.45, 7) is 8.19. The lowest BCUT2D eigenvalue weighted by Crippen LogP contribution is -2.47. The SMILES string of the molecule is CCOc1ccccc1N1CCN(c2ccc(SCC(=O)Nc3ccc(C)cc3)nn2)CC1. The van der Waals surface area contributed by atoms with E-state index in [-0.39, 0.29) is 5.91 Å². The fraction of sp³-hybridized carbons (Fsp3) is 0.320. The predicted molar refractivity (Wildman–Crippen MR) is 135 cm³/mol. The maximum absolute atomic E-state index is 12.2. The van der Waals surface area contributed by atoms with Crippen LogP contribution in [0.15, 0.2) is 65.7 Å². The number of rotatable bonds is 8. The maximum atomic E-state index is 12.2. The molecule has 2 heterocycles. The topological polar surface area (TPSA) is 70.6 Å². The van der Waals surface area contributed by atoms with Crippen molar-refractivity contribution >= 4 is 34.9 Å². The number of aromatic nitrogens is 2. The second kappa shape index (κ2) is 11.0. The van der Waals surface area contributed by atoms with E-state index >= 15 is 0 Å². The van der Waals surface area contributed by atoms with Crippen LogP contribution in [-0.2, 0) is 4.79 Å². The van der Waals surface area contributed by atoms with E-state index in [9.17, 15) is 4.79 Å². The van der Waals surface area contributed by atoms with Crippen LogP contribution in [0.1, 0.15) is 12.5 Å². The molecule has 1 saturated heterocycles. The molecule has 8 heteroatoms. The summed E-state index contributed by atoms with van der Waals surface area (Å²) >= 11 is 1.38. The van der Waals surface area contributed by atoms with Gasteiger partial charge in [0.25, 0.3) is 0 Å². The number of aryl methyl sites for hydroxylation is 1. The van der Waals surface area contributed by atoms with Gasteiger partial charge in [-0.1, -0.05) is 41.6 Å². The van der Waals surface area contributed by atoms with Crippen molar-refractivity contribution in [2.45, 2.75) is 18.9 Å². The van der Waals surface area contributed by atoms with Crippen LogP contribution in [0.5, 0.6) is 5.75 Å². The summed E-state index contributed by atoms with van der Waals surface area (Å²) in [4.78, 5) is 16.8. The number of thioether (sulfide) groups is 1. The number of para-hydroxylation sites is 2. The standard InChI is InChI=1S/C25H29N5O2S/c1-3-32-22-7-5-4-6-21(22)29-14-16-30(17-15-29)23-12-13-25(28-27-23)33-18-24(31)26-20-10-8-19(2)9-11-20/h4-13H,3,14-18H2,1-2H3,(H,26,31). The van der Waals surface area contributed by atoms with Gasteiger partial charge in [0, 0.05) is 31.9 Å². The molecule has 0 saturated carbocycles. The molecule has 7 nitrogen and oxygen atoms in total. The number of amides is 1. The first-order valence-electron chi connectivity index (χ1n) is 11.2. The molecule has 0 spiro atoms. The van der Waals surface area contributed by atoms with E-state index in [0.29, 0.717) is 12.4 Å². The molecule has 1 N–H and O–H groups in total. The van der Waals surface area contributed by atoms with Crippen molar-refractivity contribution in [2.24, 2.45) is 0 Å². The molecule has 1 aliphatic rings. The molecule has 0 unspecified atom stereocenters. The fourth-order valence-electron chi connectivity index (χ4n) is 3.70. The largest absolute Gasteiger partial charge is 0.492 e. The maximum Gasteiger partial charge on any atom is 0.234 e. The second-order valence-corrected chi connectivity index (χ2v) is 8.80. The van der Waals surface area contributed by atoms with Gasteiger partial charge in [0.05, 0.1) is 18.0 Å². The molecular weight excluding hydrogens is 434 g/mol. The number of ether oxygens (including phenoxy) is 1. The van der Waals surface area contributed by atoms with E-state index in [1.807, 2.05) is 68.4 Å². The predicted octanol–water partition coefficient (Wildman–Crippen LogP) is 4.24. The highest BCUT2D eigenvalue weighted by Crippen LogP contribution is 2.29. The van der Waals surface area contributed by atoms with Gasteiger partial charge in [0.15, 0.2) is 5.82 Å². The van der Waals surface area contributed by atoms with Gasteiger partial charge in [0.2, 0.25) is 5.91 Å². The summed E-state index contributed by atoms with van der Waals surface area (Å²) < 4.78 is 5.78. The van der Waals surface area contributed by atoms with Gasteiger partial charge >= 0.3 is 0 Å². The van der Waals surface area contributed by atoms with Crippen LogP contribution in [0.3, 0.4) is 0 Å². The summed E-state index contributed by atoms with van der Waals surface area (Å²) in [6, 6.07) is 19.9. The van der Waals surface area contributed by atoms with Crippen molar-refractivity contribution in [3.8, 4) is 5.75 Å². The first kappa shape index (κ1) is 22.9. The van der Waals surface area contributed by atoms with Gasteiger partial charge in [0.1, 0.15) is 10.8 Å². The molecule has 0 aliphatic carbocycles. The Bertz CT molecular complexity index is 1050. The third-order valence-corrected chi connectivity index (χ3v) is 6.34. The number of carbonyl (C=O) groups excluding carboxylic acids is 1. The van der Waals surface area contributed by atoms with E-state index in [1.54, 1.807) is 0 Å². The van der Waals surface area contributed by atoms with Gasteiger partial charge in [-0.2, -0.15) is 0 Å². The minimum absolute atomic E-state index is 0.0572.